The zero-order valence-electron chi connectivity index (χ0n) is 18.5. The van der Waals surface area contributed by atoms with Gasteiger partial charge in [-0.25, -0.2) is 0 Å². The Balaban J connectivity index is 2.02. The van der Waals surface area contributed by atoms with Crippen molar-refractivity contribution < 1.29 is 9.59 Å². The maximum absolute atomic E-state index is 13.2. The molecule has 4 nitrogen and oxygen atoms in total. The van der Waals surface area contributed by atoms with Gasteiger partial charge in [0, 0.05) is 23.3 Å². The standard InChI is InChI=1S/C25H33BrN2O2S/c1-3-5-16-27-25(30)23(4-2)28(17-15-20-9-7-6-8-10-20)24(29)19-31-18-21-11-13-22(26)14-12-21/h6-14,23H,3-5,15-19H2,1-2H3,(H,27,30)/t23-/m0/s1. The molecule has 0 radical (unpaired) electrons. The molecule has 168 valence electrons. The predicted molar refractivity (Wildman–Crippen MR) is 134 cm³/mol. The Morgan fingerprint density at radius 1 is 1.03 bits per heavy atom. The largest absolute Gasteiger partial charge is 0.354 e. The molecule has 31 heavy (non-hydrogen) atoms. The van der Waals surface area contributed by atoms with Crippen LogP contribution < -0.4 is 5.32 Å². The predicted octanol–water partition coefficient (Wildman–Crippen LogP) is 5.45. The molecule has 2 aromatic carbocycles. The summed E-state index contributed by atoms with van der Waals surface area (Å²) in [5.41, 5.74) is 2.35. The van der Waals surface area contributed by atoms with E-state index in [0.29, 0.717) is 25.3 Å². The highest BCUT2D eigenvalue weighted by atomic mass is 79.9. The second-order valence-electron chi connectivity index (χ2n) is 7.51. The zero-order valence-corrected chi connectivity index (χ0v) is 20.9. The van der Waals surface area contributed by atoms with Crippen LogP contribution in [0.5, 0.6) is 0 Å². The van der Waals surface area contributed by atoms with E-state index >= 15 is 0 Å². The van der Waals surface area contributed by atoms with Gasteiger partial charge < -0.3 is 10.2 Å². The number of thioether (sulfide) groups is 1. The molecule has 1 atom stereocenters. The van der Waals surface area contributed by atoms with Crippen molar-refractivity contribution in [3.63, 3.8) is 0 Å². The summed E-state index contributed by atoms with van der Waals surface area (Å²) < 4.78 is 1.05. The lowest BCUT2D eigenvalue weighted by molar-refractivity contribution is -0.138. The van der Waals surface area contributed by atoms with Gasteiger partial charge in [-0.2, -0.15) is 0 Å². The third-order valence-electron chi connectivity index (χ3n) is 5.11. The molecule has 0 heterocycles. The first-order valence-corrected chi connectivity index (χ1v) is 12.9. The van der Waals surface area contributed by atoms with Crippen LogP contribution in [-0.4, -0.2) is 41.6 Å². The molecular weight excluding hydrogens is 472 g/mol. The minimum atomic E-state index is -0.429. The van der Waals surface area contributed by atoms with E-state index in [1.165, 1.54) is 11.1 Å². The SMILES string of the molecule is CCCCNC(=O)[C@H](CC)N(CCc1ccccc1)C(=O)CSCc1ccc(Br)cc1. The second kappa shape index (κ2) is 14.3. The first-order valence-electron chi connectivity index (χ1n) is 11.0. The minimum Gasteiger partial charge on any atom is -0.354 e. The molecule has 0 aliphatic rings. The monoisotopic (exact) mass is 504 g/mol. The molecule has 0 bridgehead atoms. The molecule has 2 amide bonds. The fourth-order valence-electron chi connectivity index (χ4n) is 3.32. The van der Waals surface area contributed by atoms with E-state index in [9.17, 15) is 9.59 Å². The van der Waals surface area contributed by atoms with Crippen LogP contribution >= 0.6 is 27.7 Å². The van der Waals surface area contributed by atoms with Crippen molar-refractivity contribution in [2.24, 2.45) is 0 Å². The highest BCUT2D eigenvalue weighted by Crippen LogP contribution is 2.18. The molecule has 0 spiro atoms. The quantitative estimate of drug-likeness (QED) is 0.369. The Kier molecular flexibility index (Phi) is 11.8. The fraction of sp³-hybridized carbons (Fsp3) is 0.440. The number of amides is 2. The zero-order chi connectivity index (χ0) is 22.5. The van der Waals surface area contributed by atoms with Gasteiger partial charge in [0.2, 0.25) is 11.8 Å². The van der Waals surface area contributed by atoms with Gasteiger partial charge in [-0.15, -0.1) is 11.8 Å². The number of hydrogen-bond donors (Lipinski definition) is 1. The summed E-state index contributed by atoms with van der Waals surface area (Å²) in [6.07, 6.45) is 3.32. The number of halogens is 1. The van der Waals surface area contributed by atoms with Crippen molar-refractivity contribution in [2.45, 2.75) is 51.3 Å². The minimum absolute atomic E-state index is 0.0236. The number of nitrogens with one attached hydrogen (secondary N) is 1. The summed E-state index contributed by atoms with van der Waals surface area (Å²) in [5, 5.41) is 3.01. The molecule has 6 heteroatoms. The van der Waals surface area contributed by atoms with Crippen molar-refractivity contribution >= 4 is 39.5 Å². The van der Waals surface area contributed by atoms with Crippen LogP contribution in [-0.2, 0) is 21.8 Å². The molecule has 2 aromatic rings. The highest BCUT2D eigenvalue weighted by Gasteiger charge is 2.27. The summed E-state index contributed by atoms with van der Waals surface area (Å²) in [5.74, 6) is 1.11. The van der Waals surface area contributed by atoms with Crippen LogP contribution in [0.15, 0.2) is 59.1 Å². The number of carbonyl (C=O) groups excluding carboxylic acids is 2. The Morgan fingerprint density at radius 2 is 1.74 bits per heavy atom. The van der Waals surface area contributed by atoms with Gasteiger partial charge in [-0.1, -0.05) is 78.7 Å². The van der Waals surface area contributed by atoms with Gasteiger partial charge in [0.25, 0.3) is 0 Å². The summed E-state index contributed by atoms with van der Waals surface area (Å²) in [6, 6.07) is 17.8. The number of rotatable bonds is 13. The summed E-state index contributed by atoms with van der Waals surface area (Å²) in [7, 11) is 0. The lowest BCUT2D eigenvalue weighted by Crippen LogP contribution is -2.50. The topological polar surface area (TPSA) is 49.4 Å². The van der Waals surface area contributed by atoms with Gasteiger partial charge in [-0.05, 0) is 42.5 Å². The molecule has 0 saturated heterocycles. The summed E-state index contributed by atoms with van der Waals surface area (Å²) in [6.45, 7) is 5.27. The first-order chi connectivity index (χ1) is 15.0. The van der Waals surface area contributed by atoms with E-state index in [1.54, 1.807) is 16.7 Å². The molecule has 0 aliphatic heterocycles. The molecule has 1 N–H and O–H groups in total. The van der Waals surface area contributed by atoms with E-state index in [0.717, 1.165) is 29.5 Å². The van der Waals surface area contributed by atoms with Crippen LogP contribution in [0.1, 0.15) is 44.2 Å². The average molecular weight is 506 g/mol. The second-order valence-corrected chi connectivity index (χ2v) is 9.41. The van der Waals surface area contributed by atoms with Gasteiger partial charge in [0.15, 0.2) is 0 Å². The number of benzene rings is 2. The van der Waals surface area contributed by atoms with E-state index < -0.39 is 6.04 Å². The van der Waals surface area contributed by atoms with Crippen LogP contribution in [0.4, 0.5) is 0 Å². The van der Waals surface area contributed by atoms with E-state index in [4.69, 9.17) is 0 Å². The Labute approximate surface area is 199 Å². The van der Waals surface area contributed by atoms with E-state index in [2.05, 4.69) is 52.4 Å². The maximum atomic E-state index is 13.2. The maximum Gasteiger partial charge on any atom is 0.242 e. The normalized spacial score (nSPS) is 11.7. The summed E-state index contributed by atoms with van der Waals surface area (Å²) >= 11 is 5.04. The third kappa shape index (κ3) is 9.08. The van der Waals surface area contributed by atoms with Crippen molar-refractivity contribution in [2.75, 3.05) is 18.8 Å². The van der Waals surface area contributed by atoms with Gasteiger partial charge in [0.05, 0.1) is 5.75 Å². The van der Waals surface area contributed by atoms with Gasteiger partial charge in [-0.3, -0.25) is 9.59 Å². The van der Waals surface area contributed by atoms with Crippen LogP contribution in [0.25, 0.3) is 0 Å². The fourth-order valence-corrected chi connectivity index (χ4v) is 4.46. The van der Waals surface area contributed by atoms with Crippen LogP contribution in [0.3, 0.4) is 0 Å². The van der Waals surface area contributed by atoms with Gasteiger partial charge in [0.1, 0.15) is 6.04 Å². The first kappa shape index (κ1) is 25.5. The molecular formula is C25H33BrN2O2S. The summed E-state index contributed by atoms with van der Waals surface area (Å²) in [4.78, 5) is 27.8. The van der Waals surface area contributed by atoms with E-state index in [-0.39, 0.29) is 11.8 Å². The van der Waals surface area contributed by atoms with E-state index in [1.807, 2.05) is 37.3 Å². The molecule has 0 unspecified atom stereocenters. The smallest absolute Gasteiger partial charge is 0.242 e. The Hall–Kier alpha value is -1.79. The number of hydrogen-bond acceptors (Lipinski definition) is 3. The average Bonchev–Trinajstić information content (AvgIpc) is 2.78. The lowest BCUT2D eigenvalue weighted by atomic mass is 10.1. The number of nitrogens with zero attached hydrogens (tertiary/aromatic N) is 1. The Bertz CT molecular complexity index is 799. The van der Waals surface area contributed by atoms with Crippen molar-refractivity contribution in [3.05, 3.63) is 70.2 Å². The number of carbonyl (C=O) groups is 2. The molecule has 0 saturated carbocycles. The third-order valence-corrected chi connectivity index (χ3v) is 6.62. The van der Waals surface area contributed by atoms with Crippen molar-refractivity contribution in [3.8, 4) is 0 Å². The molecule has 0 fully saturated rings. The van der Waals surface area contributed by atoms with Crippen LogP contribution in [0.2, 0.25) is 0 Å². The van der Waals surface area contributed by atoms with Gasteiger partial charge >= 0.3 is 0 Å². The van der Waals surface area contributed by atoms with Crippen molar-refractivity contribution in [1.29, 1.82) is 0 Å². The molecule has 0 aliphatic carbocycles. The van der Waals surface area contributed by atoms with Crippen LogP contribution in [0, 0.1) is 0 Å². The Morgan fingerprint density at radius 3 is 2.39 bits per heavy atom. The number of unbranched alkanes of at least 4 members (excludes halogenated alkanes) is 1. The highest BCUT2D eigenvalue weighted by molar-refractivity contribution is 9.10. The molecule has 0 aromatic heterocycles. The molecule has 2 rings (SSSR count). The van der Waals surface area contributed by atoms with Crippen molar-refractivity contribution in [1.82, 2.24) is 10.2 Å². The lowest BCUT2D eigenvalue weighted by Gasteiger charge is -2.30.